The van der Waals surface area contributed by atoms with Gasteiger partial charge in [-0.1, -0.05) is 23.7 Å². The molecule has 174 valence electrons. The van der Waals surface area contributed by atoms with E-state index in [-0.39, 0.29) is 29.1 Å². The van der Waals surface area contributed by atoms with Crippen molar-refractivity contribution in [2.24, 2.45) is 11.8 Å². The highest BCUT2D eigenvalue weighted by Crippen LogP contribution is 2.61. The van der Waals surface area contributed by atoms with Crippen molar-refractivity contribution in [1.82, 2.24) is 4.90 Å². The fraction of sp³-hybridized carbons (Fsp3) is 0.348. The van der Waals surface area contributed by atoms with Crippen LogP contribution in [0.15, 0.2) is 36.4 Å². The summed E-state index contributed by atoms with van der Waals surface area (Å²) in [5.74, 6) is -3.05. The first-order valence-electron chi connectivity index (χ1n) is 10.9. The largest absolute Gasteiger partial charge is 0.495 e. The topological polar surface area (TPSA) is 122 Å². The zero-order valence-electron chi connectivity index (χ0n) is 18.0. The quantitative estimate of drug-likeness (QED) is 0.405. The highest BCUT2D eigenvalue weighted by Gasteiger charge is 2.75. The van der Waals surface area contributed by atoms with Crippen LogP contribution < -0.4 is 15.0 Å². The summed E-state index contributed by atoms with van der Waals surface area (Å²) < 4.78 is 5.33. The molecule has 1 N–H and O–H groups in total. The van der Waals surface area contributed by atoms with Gasteiger partial charge < -0.3 is 10.1 Å². The van der Waals surface area contributed by atoms with Crippen LogP contribution in [0.25, 0.3) is 0 Å². The summed E-state index contributed by atoms with van der Waals surface area (Å²) in [5, 5.41) is 14.6. The Morgan fingerprint density at radius 2 is 2.00 bits per heavy atom. The van der Waals surface area contributed by atoms with Crippen molar-refractivity contribution in [1.29, 1.82) is 0 Å². The number of hydrogen-bond acceptors (Lipinski definition) is 7. The minimum atomic E-state index is -1.37. The van der Waals surface area contributed by atoms with Crippen LogP contribution in [0.5, 0.6) is 5.75 Å². The van der Waals surface area contributed by atoms with Gasteiger partial charge in [0, 0.05) is 23.7 Å². The minimum Gasteiger partial charge on any atom is -0.495 e. The zero-order chi connectivity index (χ0) is 23.9. The van der Waals surface area contributed by atoms with Crippen LogP contribution in [0.1, 0.15) is 18.4 Å². The van der Waals surface area contributed by atoms with Crippen molar-refractivity contribution >= 4 is 46.4 Å². The molecule has 10 nitrogen and oxygen atoms in total. The Morgan fingerprint density at radius 1 is 1.21 bits per heavy atom. The first kappa shape index (κ1) is 21.1. The van der Waals surface area contributed by atoms with Gasteiger partial charge in [0.2, 0.25) is 11.8 Å². The number of hydrogen-bond donors (Lipinski definition) is 1. The van der Waals surface area contributed by atoms with Crippen LogP contribution in [0.4, 0.5) is 17.1 Å². The maximum atomic E-state index is 14.0. The molecule has 4 atom stereocenters. The van der Waals surface area contributed by atoms with E-state index in [9.17, 15) is 24.5 Å². The number of rotatable bonds is 3. The van der Waals surface area contributed by atoms with Crippen molar-refractivity contribution in [2.75, 3.05) is 23.9 Å². The monoisotopic (exact) mass is 482 g/mol. The molecule has 3 saturated heterocycles. The standard InChI is InChI=1S/C23H19ClN4O6/c1-34-16-8-7-11(28(32)33)10-15(16)27-20(29)17-14-6-3-9-26(14)23(18(17)21(27)30)12-4-2-5-13(24)19(12)25-22(23)31/h2,4-5,7-8,10,14,17-18H,3,6,9H2,1H3,(H,25,31)/t14-,17+,18+,23+/m0/s1. The first-order chi connectivity index (χ1) is 16.3. The second-order valence-corrected chi connectivity index (χ2v) is 9.32. The van der Waals surface area contributed by atoms with Gasteiger partial charge in [-0.3, -0.25) is 29.4 Å². The number of methoxy groups -OCH3 is 1. The van der Waals surface area contributed by atoms with Gasteiger partial charge >= 0.3 is 0 Å². The number of halogens is 1. The van der Waals surface area contributed by atoms with E-state index in [1.54, 1.807) is 18.2 Å². The fourth-order valence-electron chi connectivity index (χ4n) is 6.40. The number of ether oxygens (including phenoxy) is 1. The number of nitrogens with one attached hydrogen (secondary N) is 1. The number of imide groups is 1. The lowest BCUT2D eigenvalue weighted by atomic mass is 9.75. The molecule has 0 radical (unpaired) electrons. The normalized spacial score (nSPS) is 29.4. The summed E-state index contributed by atoms with van der Waals surface area (Å²) in [6.07, 6.45) is 1.44. The van der Waals surface area contributed by atoms with E-state index >= 15 is 0 Å². The van der Waals surface area contributed by atoms with Crippen LogP contribution in [0, 0.1) is 22.0 Å². The molecule has 2 aromatic carbocycles. The molecule has 11 heteroatoms. The molecule has 4 aliphatic rings. The van der Waals surface area contributed by atoms with Gasteiger partial charge in [0.1, 0.15) is 17.0 Å². The Morgan fingerprint density at radius 3 is 2.74 bits per heavy atom. The maximum Gasteiger partial charge on any atom is 0.271 e. The number of nitrogens with zero attached hydrogens (tertiary/aromatic N) is 3. The van der Waals surface area contributed by atoms with Crippen molar-refractivity contribution in [3.8, 4) is 5.75 Å². The van der Waals surface area contributed by atoms with Crippen molar-refractivity contribution in [2.45, 2.75) is 24.4 Å². The fourth-order valence-corrected chi connectivity index (χ4v) is 6.62. The summed E-state index contributed by atoms with van der Waals surface area (Å²) in [6, 6.07) is 8.61. The van der Waals surface area contributed by atoms with E-state index in [1.807, 2.05) is 4.90 Å². The first-order valence-corrected chi connectivity index (χ1v) is 11.3. The van der Waals surface area contributed by atoms with E-state index in [1.165, 1.54) is 19.2 Å². The van der Waals surface area contributed by atoms with E-state index in [0.29, 0.717) is 29.2 Å². The molecule has 6 rings (SSSR count). The number of nitro benzene ring substituents is 1. The predicted molar refractivity (Wildman–Crippen MR) is 121 cm³/mol. The molecule has 0 aliphatic carbocycles. The van der Waals surface area contributed by atoms with Gasteiger partial charge in [0.05, 0.1) is 34.6 Å². The Balaban J connectivity index is 1.56. The Kier molecular flexibility index (Phi) is 4.34. The second-order valence-electron chi connectivity index (χ2n) is 8.91. The molecule has 1 spiro atoms. The van der Waals surface area contributed by atoms with E-state index in [0.717, 1.165) is 17.4 Å². The lowest BCUT2D eigenvalue weighted by molar-refractivity contribution is -0.384. The summed E-state index contributed by atoms with van der Waals surface area (Å²) in [6.45, 7) is 0.567. The number of benzene rings is 2. The Labute approximate surface area is 198 Å². The van der Waals surface area contributed by atoms with Gasteiger partial charge in [-0.25, -0.2) is 4.90 Å². The number of non-ortho nitro benzene ring substituents is 1. The maximum absolute atomic E-state index is 14.0. The van der Waals surface area contributed by atoms with Crippen molar-refractivity contribution in [3.05, 3.63) is 57.1 Å². The van der Waals surface area contributed by atoms with Gasteiger partial charge in [0.25, 0.3) is 11.6 Å². The molecule has 0 aromatic heterocycles. The number of amides is 3. The predicted octanol–water partition coefficient (Wildman–Crippen LogP) is 2.69. The lowest BCUT2D eigenvalue weighted by Crippen LogP contribution is -2.54. The molecule has 34 heavy (non-hydrogen) atoms. The highest BCUT2D eigenvalue weighted by molar-refractivity contribution is 6.35. The summed E-state index contributed by atoms with van der Waals surface area (Å²) in [4.78, 5) is 55.2. The molecular formula is C23H19ClN4O6. The van der Waals surface area contributed by atoms with Gasteiger partial charge in [0.15, 0.2) is 0 Å². The minimum absolute atomic E-state index is 0.00511. The average Bonchev–Trinajstić information content (AvgIpc) is 3.52. The number of anilines is 2. The number of nitro groups is 1. The third-order valence-corrected chi connectivity index (χ3v) is 7.91. The highest BCUT2D eigenvalue weighted by atomic mass is 35.5. The molecule has 4 aliphatic heterocycles. The van der Waals surface area contributed by atoms with Crippen LogP contribution in [-0.2, 0) is 19.9 Å². The van der Waals surface area contributed by atoms with Crippen LogP contribution in [0.2, 0.25) is 5.02 Å². The SMILES string of the molecule is COc1ccc([N+](=O)[O-])cc1N1C(=O)[C@@H]2[C@@H]3CCCN3[C@@]3(C(=O)Nc4c(Cl)cccc43)[C@H]2C1=O. The number of carbonyl (C=O) groups excluding carboxylic acids is 3. The third-order valence-electron chi connectivity index (χ3n) is 7.59. The van der Waals surface area contributed by atoms with E-state index in [2.05, 4.69) is 5.32 Å². The molecule has 2 aromatic rings. The van der Waals surface area contributed by atoms with Crippen LogP contribution >= 0.6 is 11.6 Å². The van der Waals surface area contributed by atoms with Gasteiger partial charge in [-0.2, -0.15) is 0 Å². The van der Waals surface area contributed by atoms with Crippen molar-refractivity contribution < 1.29 is 24.0 Å². The van der Waals surface area contributed by atoms with Gasteiger partial charge in [-0.05, 0) is 31.5 Å². The average molecular weight is 483 g/mol. The number of para-hydroxylation sites is 1. The molecule has 3 fully saturated rings. The molecular weight excluding hydrogens is 464 g/mol. The molecule has 4 heterocycles. The number of fused-ring (bicyclic) bond motifs is 7. The van der Waals surface area contributed by atoms with Crippen LogP contribution in [0.3, 0.4) is 0 Å². The van der Waals surface area contributed by atoms with Crippen LogP contribution in [-0.4, -0.2) is 47.2 Å². The molecule has 0 saturated carbocycles. The smallest absolute Gasteiger partial charge is 0.271 e. The summed E-state index contributed by atoms with van der Waals surface area (Å²) >= 11 is 6.38. The van der Waals surface area contributed by atoms with Crippen molar-refractivity contribution in [3.63, 3.8) is 0 Å². The van der Waals surface area contributed by atoms with E-state index in [4.69, 9.17) is 16.3 Å². The van der Waals surface area contributed by atoms with E-state index < -0.39 is 34.1 Å². The summed E-state index contributed by atoms with van der Waals surface area (Å²) in [7, 11) is 1.36. The Hall–Kier alpha value is -3.50. The third kappa shape index (κ3) is 2.36. The molecule has 0 bridgehead atoms. The lowest BCUT2D eigenvalue weighted by Gasteiger charge is -2.36. The number of carbonyl (C=O) groups is 3. The molecule has 3 amide bonds. The molecule has 0 unspecified atom stereocenters. The second kappa shape index (κ2) is 7.00. The zero-order valence-corrected chi connectivity index (χ0v) is 18.7. The van der Waals surface area contributed by atoms with Gasteiger partial charge in [-0.15, -0.1) is 0 Å². The Bertz CT molecular complexity index is 1310. The summed E-state index contributed by atoms with van der Waals surface area (Å²) in [5.41, 5.74) is -0.612.